The number of piperidine rings is 1. The lowest BCUT2D eigenvalue weighted by Crippen LogP contribution is -2.56. The average molecular weight is 405 g/mol. The molecule has 28 heavy (non-hydrogen) atoms. The number of anilines is 1. The largest absolute Gasteiger partial charge is 0.340 e. The van der Waals surface area contributed by atoms with E-state index >= 15 is 0 Å². The van der Waals surface area contributed by atoms with Crippen molar-refractivity contribution in [3.8, 4) is 0 Å². The number of hydrogen-bond donors (Lipinski definition) is 0. The lowest BCUT2D eigenvalue weighted by Gasteiger charge is -2.43. The van der Waals surface area contributed by atoms with Crippen molar-refractivity contribution in [2.45, 2.75) is 25.3 Å². The number of carbonyl (C=O) groups is 2. The number of piperazine rings is 1. The fraction of sp³-hybridized carbons (Fsp3) is 0.619. The first-order valence-corrected chi connectivity index (χ1v) is 10.7. The van der Waals surface area contributed by atoms with E-state index in [2.05, 4.69) is 16.8 Å². The van der Waals surface area contributed by atoms with Gasteiger partial charge < -0.3 is 14.7 Å². The van der Waals surface area contributed by atoms with Crippen LogP contribution >= 0.6 is 11.6 Å². The lowest BCUT2D eigenvalue weighted by atomic mass is 10.0. The van der Waals surface area contributed by atoms with Crippen molar-refractivity contribution in [2.24, 2.45) is 5.92 Å². The molecule has 1 aromatic rings. The molecule has 7 heteroatoms. The quantitative estimate of drug-likeness (QED) is 0.772. The van der Waals surface area contributed by atoms with Gasteiger partial charge in [0, 0.05) is 51.7 Å². The molecule has 0 bridgehead atoms. The Labute approximate surface area is 172 Å². The van der Waals surface area contributed by atoms with Gasteiger partial charge in [0.05, 0.1) is 16.6 Å². The first-order chi connectivity index (χ1) is 13.5. The minimum Gasteiger partial charge on any atom is -0.340 e. The summed E-state index contributed by atoms with van der Waals surface area (Å²) in [5.74, 6) is -0.171. The molecule has 3 fully saturated rings. The van der Waals surface area contributed by atoms with Crippen LogP contribution < -0.4 is 4.90 Å². The Bertz CT molecular complexity index is 735. The zero-order chi connectivity index (χ0) is 19.7. The van der Waals surface area contributed by atoms with Crippen LogP contribution in [0.3, 0.4) is 0 Å². The first kappa shape index (κ1) is 19.7. The number of likely N-dealkylation sites (N-methyl/N-ethyl adjacent to an activating group) is 1. The SMILES string of the molecule is CN1CCCC(N2CCN(C(=O)C3CC(=O)N(c4ccccc4Cl)C3)CC2)C1. The molecular weight excluding hydrogens is 376 g/mol. The highest BCUT2D eigenvalue weighted by Crippen LogP contribution is 2.31. The van der Waals surface area contributed by atoms with Gasteiger partial charge in [-0.1, -0.05) is 23.7 Å². The molecule has 0 saturated carbocycles. The highest BCUT2D eigenvalue weighted by Gasteiger charge is 2.39. The van der Waals surface area contributed by atoms with E-state index in [1.807, 2.05) is 23.1 Å². The normalized spacial score (nSPS) is 27.4. The van der Waals surface area contributed by atoms with E-state index in [0.717, 1.165) is 32.7 Å². The summed E-state index contributed by atoms with van der Waals surface area (Å²) in [4.78, 5) is 34.1. The van der Waals surface area contributed by atoms with Gasteiger partial charge in [-0.25, -0.2) is 0 Å². The van der Waals surface area contributed by atoms with Gasteiger partial charge in [-0.15, -0.1) is 0 Å². The first-order valence-electron chi connectivity index (χ1n) is 10.3. The predicted octanol–water partition coefficient (Wildman–Crippen LogP) is 1.93. The Hall–Kier alpha value is -1.63. The van der Waals surface area contributed by atoms with E-state index in [9.17, 15) is 9.59 Å². The van der Waals surface area contributed by atoms with E-state index in [1.165, 1.54) is 19.4 Å². The number of halogens is 1. The van der Waals surface area contributed by atoms with Crippen molar-refractivity contribution in [3.05, 3.63) is 29.3 Å². The molecule has 2 amide bonds. The number of amides is 2. The maximum atomic E-state index is 13.0. The summed E-state index contributed by atoms with van der Waals surface area (Å²) in [5, 5.41) is 0.551. The Morgan fingerprint density at radius 1 is 1.07 bits per heavy atom. The Morgan fingerprint density at radius 2 is 1.82 bits per heavy atom. The summed E-state index contributed by atoms with van der Waals surface area (Å²) in [6.07, 6.45) is 2.78. The van der Waals surface area contributed by atoms with Gasteiger partial charge in [0.2, 0.25) is 11.8 Å². The smallest absolute Gasteiger partial charge is 0.228 e. The zero-order valence-corrected chi connectivity index (χ0v) is 17.3. The van der Waals surface area contributed by atoms with Gasteiger partial charge in [0.1, 0.15) is 0 Å². The van der Waals surface area contributed by atoms with Crippen LogP contribution in [-0.4, -0.2) is 85.4 Å². The summed E-state index contributed by atoms with van der Waals surface area (Å²) < 4.78 is 0. The molecule has 4 rings (SSSR count). The molecule has 6 nitrogen and oxygen atoms in total. The van der Waals surface area contributed by atoms with E-state index in [4.69, 9.17) is 11.6 Å². The molecule has 2 unspecified atom stereocenters. The van der Waals surface area contributed by atoms with Crippen molar-refractivity contribution in [1.29, 1.82) is 0 Å². The van der Waals surface area contributed by atoms with Crippen LogP contribution in [0.2, 0.25) is 5.02 Å². The summed E-state index contributed by atoms with van der Waals surface area (Å²) in [6, 6.07) is 7.94. The number of hydrogen-bond acceptors (Lipinski definition) is 4. The molecule has 0 spiro atoms. The number of carbonyl (C=O) groups excluding carboxylic acids is 2. The Kier molecular flexibility index (Phi) is 5.90. The molecule has 3 saturated heterocycles. The van der Waals surface area contributed by atoms with Crippen molar-refractivity contribution in [1.82, 2.24) is 14.7 Å². The van der Waals surface area contributed by atoms with Crippen LogP contribution in [0, 0.1) is 5.92 Å². The third kappa shape index (κ3) is 4.04. The van der Waals surface area contributed by atoms with Gasteiger partial charge in [0.15, 0.2) is 0 Å². The molecule has 0 radical (unpaired) electrons. The summed E-state index contributed by atoms with van der Waals surface area (Å²) in [7, 11) is 2.19. The molecule has 0 aromatic heterocycles. The molecule has 152 valence electrons. The molecule has 3 heterocycles. The second-order valence-electron chi connectivity index (χ2n) is 8.28. The van der Waals surface area contributed by atoms with E-state index in [-0.39, 0.29) is 24.2 Å². The van der Waals surface area contributed by atoms with Crippen LogP contribution in [-0.2, 0) is 9.59 Å². The van der Waals surface area contributed by atoms with Gasteiger partial charge in [-0.05, 0) is 38.6 Å². The molecule has 0 N–H and O–H groups in total. The minimum atomic E-state index is -0.267. The van der Waals surface area contributed by atoms with Gasteiger partial charge in [-0.2, -0.15) is 0 Å². The number of nitrogens with zero attached hydrogens (tertiary/aromatic N) is 4. The molecular formula is C21H29ClN4O2. The van der Waals surface area contributed by atoms with Crippen LogP contribution in [0.1, 0.15) is 19.3 Å². The highest BCUT2D eigenvalue weighted by atomic mass is 35.5. The van der Waals surface area contributed by atoms with Gasteiger partial charge in [0.25, 0.3) is 0 Å². The van der Waals surface area contributed by atoms with Crippen molar-refractivity contribution < 1.29 is 9.59 Å². The topological polar surface area (TPSA) is 47.1 Å². The fourth-order valence-corrected chi connectivity index (χ4v) is 5.02. The molecule has 3 aliphatic rings. The van der Waals surface area contributed by atoms with E-state index in [0.29, 0.717) is 23.3 Å². The maximum Gasteiger partial charge on any atom is 0.228 e. The lowest BCUT2D eigenvalue weighted by molar-refractivity contribution is -0.138. The summed E-state index contributed by atoms with van der Waals surface area (Å²) in [6.45, 7) is 6.11. The third-order valence-corrected chi connectivity index (χ3v) is 6.68. The maximum absolute atomic E-state index is 13.0. The van der Waals surface area contributed by atoms with Crippen molar-refractivity contribution in [2.75, 3.05) is 57.8 Å². The standard InChI is InChI=1S/C21H29ClN4O2/c1-23-8-4-5-17(15-23)24-9-11-25(12-10-24)21(28)16-13-20(27)26(14-16)19-7-3-2-6-18(19)22/h2-3,6-7,16-17H,4-5,8-15H2,1H3. The van der Waals surface area contributed by atoms with Crippen molar-refractivity contribution >= 4 is 29.1 Å². The van der Waals surface area contributed by atoms with Crippen LogP contribution in [0.15, 0.2) is 24.3 Å². The predicted molar refractivity (Wildman–Crippen MR) is 111 cm³/mol. The number of likely N-dealkylation sites (tertiary alicyclic amines) is 1. The zero-order valence-electron chi connectivity index (χ0n) is 16.5. The highest BCUT2D eigenvalue weighted by molar-refractivity contribution is 6.33. The molecule has 3 aliphatic heterocycles. The number of rotatable bonds is 3. The van der Waals surface area contributed by atoms with Gasteiger partial charge in [-0.3, -0.25) is 14.5 Å². The second-order valence-corrected chi connectivity index (χ2v) is 8.68. The number of para-hydroxylation sites is 1. The van der Waals surface area contributed by atoms with Crippen LogP contribution in [0.25, 0.3) is 0 Å². The molecule has 0 aliphatic carbocycles. The third-order valence-electron chi connectivity index (χ3n) is 6.36. The van der Waals surface area contributed by atoms with Gasteiger partial charge >= 0.3 is 0 Å². The Morgan fingerprint density at radius 3 is 2.54 bits per heavy atom. The monoisotopic (exact) mass is 404 g/mol. The van der Waals surface area contributed by atoms with Crippen LogP contribution in [0.5, 0.6) is 0 Å². The Balaban J connectivity index is 1.33. The number of benzene rings is 1. The van der Waals surface area contributed by atoms with Crippen molar-refractivity contribution in [3.63, 3.8) is 0 Å². The molecule has 2 atom stereocenters. The van der Waals surface area contributed by atoms with E-state index < -0.39 is 0 Å². The summed E-state index contributed by atoms with van der Waals surface area (Å²) in [5.41, 5.74) is 0.704. The fourth-order valence-electron chi connectivity index (χ4n) is 4.78. The second kappa shape index (κ2) is 8.39. The van der Waals surface area contributed by atoms with E-state index in [1.54, 1.807) is 11.0 Å². The van der Waals surface area contributed by atoms with Crippen LogP contribution in [0.4, 0.5) is 5.69 Å². The molecule has 1 aromatic carbocycles. The average Bonchev–Trinajstić information content (AvgIpc) is 3.09. The summed E-state index contributed by atoms with van der Waals surface area (Å²) >= 11 is 6.25. The minimum absolute atomic E-state index is 0.0182.